The summed E-state index contributed by atoms with van der Waals surface area (Å²) < 4.78 is 0. The third kappa shape index (κ3) is 3.20. The van der Waals surface area contributed by atoms with E-state index in [1.54, 1.807) is 0 Å². The monoisotopic (exact) mass is 355 g/mol. The third-order valence-electron chi connectivity index (χ3n) is 4.89. The average molecular weight is 355 g/mol. The Labute approximate surface area is 150 Å². The van der Waals surface area contributed by atoms with E-state index in [9.17, 15) is 4.79 Å². The third-order valence-corrected chi connectivity index (χ3v) is 5.71. The van der Waals surface area contributed by atoms with Gasteiger partial charge in [0, 0.05) is 23.5 Å². The van der Waals surface area contributed by atoms with Gasteiger partial charge < -0.3 is 9.88 Å². The van der Waals surface area contributed by atoms with Crippen molar-refractivity contribution in [2.24, 2.45) is 5.92 Å². The van der Waals surface area contributed by atoms with Crippen molar-refractivity contribution >= 4 is 39.7 Å². The van der Waals surface area contributed by atoms with E-state index in [2.05, 4.69) is 34.0 Å². The van der Waals surface area contributed by atoms with E-state index < -0.39 is 0 Å². The summed E-state index contributed by atoms with van der Waals surface area (Å²) in [4.78, 5) is 22.3. The van der Waals surface area contributed by atoms with Crippen molar-refractivity contribution in [3.63, 3.8) is 0 Å². The van der Waals surface area contributed by atoms with Crippen molar-refractivity contribution < 1.29 is 4.79 Å². The van der Waals surface area contributed by atoms with E-state index in [1.165, 1.54) is 11.8 Å². The van der Waals surface area contributed by atoms with Gasteiger partial charge in [-0.3, -0.25) is 4.79 Å². The molecule has 1 N–H and O–H groups in total. The van der Waals surface area contributed by atoms with Crippen molar-refractivity contribution in [2.75, 3.05) is 12.3 Å². The van der Waals surface area contributed by atoms with Crippen LogP contribution in [0.5, 0.6) is 0 Å². The second-order valence-corrected chi connectivity index (χ2v) is 7.76. The summed E-state index contributed by atoms with van der Waals surface area (Å²) in [6.07, 6.45) is 2.16. The smallest absolute Gasteiger partial charge is 0.233 e. The molecule has 1 aromatic carbocycles. The van der Waals surface area contributed by atoms with Crippen LogP contribution in [-0.2, 0) is 4.79 Å². The summed E-state index contributed by atoms with van der Waals surface area (Å²) in [6.45, 7) is 5.23. The number of aromatic amines is 1. The Balaban J connectivity index is 1.47. The van der Waals surface area contributed by atoms with E-state index >= 15 is 0 Å². The molecule has 0 unspecified atom stereocenters. The highest BCUT2D eigenvalue weighted by atomic mass is 32.2. The topological polar surface area (TPSA) is 74.8 Å². The van der Waals surface area contributed by atoms with Crippen molar-refractivity contribution in [3.8, 4) is 0 Å². The number of thioether (sulfide) groups is 1. The fraction of sp³-hybridized carbons (Fsp3) is 0.444. The van der Waals surface area contributed by atoms with Crippen LogP contribution < -0.4 is 0 Å². The zero-order chi connectivity index (χ0) is 17.4. The molecule has 0 spiro atoms. The zero-order valence-electron chi connectivity index (χ0n) is 14.4. The number of likely N-dealkylation sites (tertiary alicyclic amines) is 1. The minimum absolute atomic E-state index is 0.157. The van der Waals surface area contributed by atoms with Crippen molar-refractivity contribution in [1.29, 1.82) is 0 Å². The van der Waals surface area contributed by atoms with Crippen LogP contribution in [0.25, 0.3) is 22.1 Å². The number of hydrogen-bond donors (Lipinski definition) is 1. The van der Waals surface area contributed by atoms with Crippen LogP contribution in [0.3, 0.4) is 0 Å². The number of piperidine rings is 1. The second kappa shape index (κ2) is 6.63. The standard InChI is InChI=1S/C18H21N5OS/c1-11-7-8-23(12(2)9-11)15(24)10-25-18-20-17-16(21-22-18)13-5-3-4-6-14(13)19-17/h3-6,11-12H,7-10H2,1-2H3,(H,19,20,22)/t11-,12+/m1/s1. The molecule has 1 aliphatic heterocycles. The molecule has 0 bridgehead atoms. The summed E-state index contributed by atoms with van der Waals surface area (Å²) in [6, 6.07) is 8.25. The van der Waals surface area contributed by atoms with E-state index in [-0.39, 0.29) is 5.91 Å². The zero-order valence-corrected chi connectivity index (χ0v) is 15.2. The highest BCUT2D eigenvalue weighted by Crippen LogP contribution is 2.25. The highest BCUT2D eigenvalue weighted by molar-refractivity contribution is 7.99. The van der Waals surface area contributed by atoms with Crippen LogP contribution in [0.15, 0.2) is 29.4 Å². The van der Waals surface area contributed by atoms with E-state index in [4.69, 9.17) is 0 Å². The van der Waals surface area contributed by atoms with Crippen LogP contribution in [-0.4, -0.2) is 49.3 Å². The normalized spacial score (nSPS) is 21.1. The first-order chi connectivity index (χ1) is 12.1. The van der Waals surface area contributed by atoms with Gasteiger partial charge in [-0.1, -0.05) is 36.9 Å². The Hall–Kier alpha value is -2.15. The minimum Gasteiger partial charge on any atom is -0.339 e. The van der Waals surface area contributed by atoms with Crippen LogP contribution in [0.1, 0.15) is 26.7 Å². The first-order valence-corrected chi connectivity index (χ1v) is 9.64. The summed E-state index contributed by atoms with van der Waals surface area (Å²) in [5.41, 5.74) is 2.48. The number of carbonyl (C=O) groups excluding carboxylic acids is 1. The van der Waals surface area contributed by atoms with Gasteiger partial charge in [-0.2, -0.15) is 0 Å². The van der Waals surface area contributed by atoms with Crippen LogP contribution in [0, 0.1) is 5.92 Å². The molecule has 2 atom stereocenters. The maximum Gasteiger partial charge on any atom is 0.233 e. The number of rotatable bonds is 3. The van der Waals surface area contributed by atoms with E-state index in [0.717, 1.165) is 35.8 Å². The number of amides is 1. The molecular weight excluding hydrogens is 334 g/mol. The number of fused-ring (bicyclic) bond motifs is 3. The molecule has 25 heavy (non-hydrogen) atoms. The Morgan fingerprint density at radius 2 is 2.16 bits per heavy atom. The molecule has 3 heterocycles. The van der Waals surface area contributed by atoms with Gasteiger partial charge in [0.1, 0.15) is 5.52 Å². The Kier molecular flexibility index (Phi) is 4.33. The number of hydrogen-bond acceptors (Lipinski definition) is 5. The first-order valence-electron chi connectivity index (χ1n) is 8.65. The lowest BCUT2D eigenvalue weighted by Crippen LogP contribution is -2.45. The first kappa shape index (κ1) is 16.3. The average Bonchev–Trinajstić information content (AvgIpc) is 2.97. The maximum atomic E-state index is 12.5. The van der Waals surface area contributed by atoms with Gasteiger partial charge in [-0.15, -0.1) is 10.2 Å². The molecule has 6 nitrogen and oxygen atoms in total. The van der Waals surface area contributed by atoms with E-state index in [0.29, 0.717) is 28.5 Å². The van der Waals surface area contributed by atoms with Crippen molar-refractivity contribution in [3.05, 3.63) is 24.3 Å². The lowest BCUT2D eigenvalue weighted by Gasteiger charge is -2.36. The number of nitrogens with zero attached hydrogens (tertiary/aromatic N) is 4. The minimum atomic E-state index is 0.157. The number of benzene rings is 1. The number of aromatic nitrogens is 4. The second-order valence-electron chi connectivity index (χ2n) is 6.82. The van der Waals surface area contributed by atoms with Crippen molar-refractivity contribution in [1.82, 2.24) is 25.1 Å². The summed E-state index contributed by atoms with van der Waals surface area (Å²) in [5.74, 6) is 1.21. The lowest BCUT2D eigenvalue weighted by atomic mass is 9.93. The molecule has 1 aliphatic rings. The Morgan fingerprint density at radius 3 is 3.00 bits per heavy atom. The highest BCUT2D eigenvalue weighted by Gasteiger charge is 2.26. The number of carbonyl (C=O) groups is 1. The largest absolute Gasteiger partial charge is 0.339 e. The summed E-state index contributed by atoms with van der Waals surface area (Å²) >= 11 is 1.35. The molecule has 0 saturated carbocycles. The number of H-pyrrole nitrogens is 1. The molecular formula is C18H21N5OS. The fourth-order valence-electron chi connectivity index (χ4n) is 3.55. The maximum absolute atomic E-state index is 12.5. The summed E-state index contributed by atoms with van der Waals surface area (Å²) in [7, 11) is 0. The molecule has 7 heteroatoms. The fourth-order valence-corrected chi connectivity index (χ4v) is 4.23. The van der Waals surface area contributed by atoms with Gasteiger partial charge in [-0.25, -0.2) is 4.98 Å². The van der Waals surface area contributed by atoms with Crippen LogP contribution >= 0.6 is 11.8 Å². The van der Waals surface area contributed by atoms with Gasteiger partial charge >= 0.3 is 0 Å². The van der Waals surface area contributed by atoms with Crippen molar-refractivity contribution in [2.45, 2.75) is 37.9 Å². The molecule has 130 valence electrons. The predicted octanol–water partition coefficient (Wildman–Crippen LogP) is 3.25. The predicted molar refractivity (Wildman–Crippen MR) is 99.5 cm³/mol. The molecule has 2 aromatic heterocycles. The van der Waals surface area contributed by atoms with E-state index in [1.807, 2.05) is 29.2 Å². The Morgan fingerprint density at radius 1 is 1.32 bits per heavy atom. The molecule has 3 aromatic rings. The molecule has 1 saturated heterocycles. The molecule has 1 fully saturated rings. The van der Waals surface area contributed by atoms with Gasteiger partial charge in [0.15, 0.2) is 5.65 Å². The number of nitrogens with one attached hydrogen (secondary N) is 1. The lowest BCUT2D eigenvalue weighted by molar-refractivity contribution is -0.132. The molecule has 4 rings (SSSR count). The van der Waals surface area contributed by atoms with Gasteiger partial charge in [0.25, 0.3) is 0 Å². The van der Waals surface area contributed by atoms with Crippen LogP contribution in [0.4, 0.5) is 0 Å². The van der Waals surface area contributed by atoms with Gasteiger partial charge in [0.2, 0.25) is 11.1 Å². The summed E-state index contributed by atoms with van der Waals surface area (Å²) in [5, 5.41) is 10.0. The SMILES string of the molecule is C[C@@H]1CCN(C(=O)CSc2nnc3c(n2)[nH]c2ccccc23)[C@@H](C)C1. The van der Waals surface area contributed by atoms with Crippen LogP contribution in [0.2, 0.25) is 0 Å². The van der Waals surface area contributed by atoms with Gasteiger partial charge in [0.05, 0.1) is 5.75 Å². The molecule has 1 amide bonds. The quantitative estimate of drug-likeness (QED) is 0.730. The Bertz CT molecular complexity index is 924. The van der Waals surface area contributed by atoms with Gasteiger partial charge in [-0.05, 0) is 31.7 Å². The number of para-hydroxylation sites is 1. The molecule has 0 aliphatic carbocycles. The molecule has 0 radical (unpaired) electrons.